The average molecular weight is 517 g/mol. The van der Waals surface area contributed by atoms with E-state index >= 15 is 0 Å². The van der Waals surface area contributed by atoms with Crippen molar-refractivity contribution in [1.29, 1.82) is 0 Å². The van der Waals surface area contributed by atoms with Gasteiger partial charge < -0.3 is 36.6 Å². The molecule has 2 aromatic carbocycles. The van der Waals surface area contributed by atoms with Crippen LogP contribution in [0.15, 0.2) is 59.8 Å². The molecular weight excluding hydrogens is 487 g/mol. The number of amides is 1. The van der Waals surface area contributed by atoms with Gasteiger partial charge >= 0.3 is 0 Å². The molecule has 0 aliphatic carbocycles. The normalized spacial score (nSPS) is 16.4. The fraction of sp³-hybridized carbons (Fsp3) is 0.320. The molecule has 8 nitrogen and oxygen atoms in total. The topological polar surface area (TPSA) is 109 Å². The van der Waals surface area contributed by atoms with E-state index < -0.39 is 0 Å². The summed E-state index contributed by atoms with van der Waals surface area (Å²) < 4.78 is 5.53. The molecule has 2 aromatic rings. The van der Waals surface area contributed by atoms with Crippen molar-refractivity contribution in [3.63, 3.8) is 0 Å². The molecule has 0 spiro atoms. The van der Waals surface area contributed by atoms with Crippen molar-refractivity contribution in [2.24, 2.45) is 11.5 Å². The van der Waals surface area contributed by atoms with Gasteiger partial charge in [0.1, 0.15) is 17.4 Å². The van der Waals surface area contributed by atoms with Crippen molar-refractivity contribution in [3.05, 3.63) is 81.0 Å². The Morgan fingerprint density at radius 3 is 2.69 bits per heavy atom. The minimum atomic E-state index is 0.0115. The van der Waals surface area contributed by atoms with Gasteiger partial charge in [-0.3, -0.25) is 4.79 Å². The summed E-state index contributed by atoms with van der Waals surface area (Å²) in [6.07, 6.45) is 3.85. The van der Waals surface area contributed by atoms with Crippen molar-refractivity contribution in [3.8, 4) is 5.75 Å². The molecule has 2 aliphatic rings. The summed E-state index contributed by atoms with van der Waals surface area (Å²) in [6.45, 7) is 3.50. The second-order valence-electron chi connectivity index (χ2n) is 8.52. The number of hydrogen-bond acceptors (Lipinski definition) is 7. The number of nitrogens with zero attached hydrogens (tertiary/aromatic N) is 2. The third-order valence-electron chi connectivity index (χ3n) is 6.10. The first-order valence-electron chi connectivity index (χ1n) is 11.5. The highest BCUT2D eigenvalue weighted by Gasteiger charge is 2.21. The Kier molecular flexibility index (Phi) is 7.83. The Morgan fingerprint density at radius 1 is 1.17 bits per heavy atom. The third-order valence-corrected chi connectivity index (χ3v) is 6.70. The lowest BCUT2D eigenvalue weighted by atomic mass is 10.1. The van der Waals surface area contributed by atoms with E-state index in [1.54, 1.807) is 43.5 Å². The summed E-state index contributed by atoms with van der Waals surface area (Å²) in [4.78, 5) is 16.7. The van der Waals surface area contributed by atoms with Crippen LogP contribution in [0.5, 0.6) is 5.75 Å². The molecule has 2 aliphatic heterocycles. The van der Waals surface area contributed by atoms with E-state index in [-0.39, 0.29) is 5.91 Å². The van der Waals surface area contributed by atoms with Gasteiger partial charge in [0.15, 0.2) is 0 Å². The molecule has 0 radical (unpaired) electrons. The van der Waals surface area contributed by atoms with Crippen LogP contribution in [0.25, 0.3) is 0 Å². The average Bonchev–Trinajstić information content (AvgIpc) is 3.38. The Labute approximate surface area is 215 Å². The van der Waals surface area contributed by atoms with Crippen molar-refractivity contribution in [1.82, 2.24) is 15.1 Å². The van der Waals surface area contributed by atoms with E-state index in [4.69, 9.17) is 39.4 Å². The number of nitrogens with two attached hydrogens (primary N) is 2. The van der Waals surface area contributed by atoms with E-state index in [1.807, 2.05) is 11.0 Å². The van der Waals surface area contributed by atoms with Gasteiger partial charge in [-0.2, -0.15) is 0 Å². The molecular formula is C25H30Cl2N6O2. The van der Waals surface area contributed by atoms with Crippen molar-refractivity contribution in [2.45, 2.75) is 19.4 Å². The van der Waals surface area contributed by atoms with Crippen LogP contribution < -0.4 is 26.8 Å². The number of halogens is 2. The van der Waals surface area contributed by atoms with Gasteiger partial charge in [-0.25, -0.2) is 0 Å². The number of hydrogen-bond donors (Lipinski definition) is 4. The summed E-state index contributed by atoms with van der Waals surface area (Å²) in [5.74, 6) is 1.42. The van der Waals surface area contributed by atoms with Crippen molar-refractivity contribution < 1.29 is 9.53 Å². The van der Waals surface area contributed by atoms with Gasteiger partial charge in [0.25, 0.3) is 5.91 Å². The van der Waals surface area contributed by atoms with Crippen molar-refractivity contribution in [2.75, 3.05) is 38.6 Å². The zero-order valence-electron chi connectivity index (χ0n) is 19.6. The van der Waals surface area contributed by atoms with Gasteiger partial charge in [0.2, 0.25) is 0 Å². The first-order valence-corrected chi connectivity index (χ1v) is 12.3. The molecule has 1 amide bonds. The van der Waals surface area contributed by atoms with E-state index in [2.05, 4.69) is 15.5 Å². The number of likely N-dealkylation sites (tertiary alicyclic amines) is 1. The fourth-order valence-electron chi connectivity index (χ4n) is 4.28. The molecule has 2 heterocycles. The van der Waals surface area contributed by atoms with E-state index in [0.717, 1.165) is 37.2 Å². The first-order chi connectivity index (χ1) is 16.9. The zero-order valence-corrected chi connectivity index (χ0v) is 21.1. The van der Waals surface area contributed by atoms with Gasteiger partial charge in [0, 0.05) is 54.4 Å². The van der Waals surface area contributed by atoms with Crippen LogP contribution in [0.4, 0.5) is 5.69 Å². The Bertz CT molecular complexity index is 1160. The minimum absolute atomic E-state index is 0.0115. The van der Waals surface area contributed by atoms with Crippen LogP contribution in [0, 0.1) is 0 Å². The monoisotopic (exact) mass is 516 g/mol. The number of rotatable bonds is 7. The zero-order chi connectivity index (χ0) is 24.9. The smallest absolute Gasteiger partial charge is 0.253 e. The molecule has 1 fully saturated rings. The van der Waals surface area contributed by atoms with Crippen LogP contribution in [-0.2, 0) is 6.54 Å². The number of carbonyl (C=O) groups is 1. The van der Waals surface area contributed by atoms with E-state index in [9.17, 15) is 4.79 Å². The second-order valence-corrected chi connectivity index (χ2v) is 9.37. The molecule has 1 saturated heterocycles. The number of ether oxygens (including phenoxy) is 1. The second kappa shape index (κ2) is 11.0. The maximum atomic E-state index is 12.7. The van der Waals surface area contributed by atoms with Gasteiger partial charge in [-0.05, 0) is 54.8 Å². The molecule has 4 rings (SSSR count). The molecule has 0 atom stereocenters. The minimum Gasteiger partial charge on any atom is -0.495 e. The van der Waals surface area contributed by atoms with Crippen LogP contribution in [0.1, 0.15) is 28.8 Å². The quantitative estimate of drug-likeness (QED) is 0.444. The fourth-order valence-corrected chi connectivity index (χ4v) is 4.65. The summed E-state index contributed by atoms with van der Waals surface area (Å²) >= 11 is 12.5. The number of nitrogens with one attached hydrogen (secondary N) is 2. The van der Waals surface area contributed by atoms with Crippen LogP contribution in [0.2, 0.25) is 10.0 Å². The Hall–Kier alpha value is -3.23. The van der Waals surface area contributed by atoms with Crippen LogP contribution >= 0.6 is 23.2 Å². The molecule has 10 heteroatoms. The first kappa shape index (κ1) is 24.9. The highest BCUT2D eigenvalue weighted by Crippen LogP contribution is 2.29. The molecule has 35 heavy (non-hydrogen) atoms. The highest BCUT2D eigenvalue weighted by molar-refractivity contribution is 6.33. The van der Waals surface area contributed by atoms with E-state index in [1.165, 1.54) is 0 Å². The van der Waals surface area contributed by atoms with Gasteiger partial charge in [0.05, 0.1) is 18.5 Å². The maximum absolute atomic E-state index is 12.7. The predicted molar refractivity (Wildman–Crippen MR) is 140 cm³/mol. The van der Waals surface area contributed by atoms with E-state index in [0.29, 0.717) is 58.3 Å². The molecule has 0 unspecified atom stereocenters. The molecule has 0 bridgehead atoms. The summed E-state index contributed by atoms with van der Waals surface area (Å²) in [5.41, 5.74) is 15.5. The largest absolute Gasteiger partial charge is 0.495 e. The summed E-state index contributed by atoms with van der Waals surface area (Å²) in [6, 6.07) is 10.7. The molecule has 0 saturated carbocycles. The number of benzene rings is 2. The van der Waals surface area contributed by atoms with Crippen LogP contribution in [-0.4, -0.2) is 49.0 Å². The molecule has 6 N–H and O–H groups in total. The predicted octanol–water partition coefficient (Wildman–Crippen LogP) is 3.68. The number of anilines is 1. The summed E-state index contributed by atoms with van der Waals surface area (Å²) in [7, 11) is 1.56. The highest BCUT2D eigenvalue weighted by atomic mass is 35.5. The van der Waals surface area contributed by atoms with Gasteiger partial charge in [-0.1, -0.05) is 23.2 Å². The lowest BCUT2D eigenvalue weighted by Gasteiger charge is -2.32. The lowest BCUT2D eigenvalue weighted by molar-refractivity contribution is 0.0792. The van der Waals surface area contributed by atoms with Crippen LogP contribution in [0.3, 0.4) is 0 Å². The summed E-state index contributed by atoms with van der Waals surface area (Å²) in [5, 5.41) is 7.59. The molecule has 186 valence electrons. The lowest BCUT2D eigenvalue weighted by Crippen LogP contribution is -2.41. The number of allylic oxidation sites excluding steroid dienone is 1. The number of carbonyl (C=O) groups excluding carboxylic acids is 1. The molecule has 0 aromatic heterocycles. The Morgan fingerprint density at radius 2 is 1.94 bits per heavy atom. The standard InChI is InChI=1S/C25H30Cl2N6O2/c1-35-22-13-16(25(34)32-9-2-3-10-32)4-7-20(22)31-23(28)14-21-24(29)30-8-11-33(21)15-17-12-18(26)5-6-19(17)27/h4-7,12-14,30-31H,2-3,8-11,15,28-29H2,1H3/b23-14+. The number of methoxy groups -OCH3 is 1. The third kappa shape index (κ3) is 5.89. The SMILES string of the molecule is COc1cc(C(=O)N2CCCC2)ccc1N/C(N)=C/C1=C(N)NCCN1Cc1cc(Cl)ccc1Cl. The Balaban J connectivity index is 1.53. The van der Waals surface area contributed by atoms with Crippen molar-refractivity contribution >= 4 is 34.8 Å². The maximum Gasteiger partial charge on any atom is 0.253 e. The van der Waals surface area contributed by atoms with Gasteiger partial charge in [-0.15, -0.1) is 0 Å².